The van der Waals surface area contributed by atoms with E-state index >= 15 is 0 Å². The molecule has 5 nitrogen and oxygen atoms in total. The molecule has 3 aromatic rings. The van der Waals surface area contributed by atoms with Crippen LogP contribution < -0.4 is 15.8 Å². The van der Waals surface area contributed by atoms with Crippen LogP contribution in [0, 0.1) is 24.1 Å². The average molecular weight is 321 g/mol. The molecule has 0 N–H and O–H groups in total. The van der Waals surface area contributed by atoms with Gasteiger partial charge in [-0.05, 0) is 31.2 Å². The summed E-state index contributed by atoms with van der Waals surface area (Å²) in [7, 11) is 3.17. The lowest BCUT2D eigenvalue weighted by atomic mass is 9.91. The third-order valence-electron chi connectivity index (χ3n) is 3.85. The van der Waals surface area contributed by atoms with Crippen molar-refractivity contribution >= 4 is 24.2 Å². The number of aryl methyl sites for hydroxylation is 1. The average Bonchev–Trinajstić information content (AvgIpc) is 2.56. The lowest BCUT2D eigenvalue weighted by Gasteiger charge is -2.13. The van der Waals surface area contributed by atoms with Crippen molar-refractivity contribution in [2.75, 3.05) is 7.11 Å². The molecule has 0 aliphatic carbocycles. The Labute approximate surface area is 138 Å². The maximum Gasteiger partial charge on any atom is 0.265 e. The van der Waals surface area contributed by atoms with E-state index in [1.54, 1.807) is 26.9 Å². The summed E-state index contributed by atoms with van der Waals surface area (Å²) in [6, 6.07) is 9.49. The molecule has 1 heterocycles. The molecule has 3 rings (SSSR count). The first-order chi connectivity index (χ1) is 11.5. The van der Waals surface area contributed by atoms with E-state index < -0.39 is 5.82 Å². The molecule has 0 bridgehead atoms. The number of fused-ring (bicyclic) bond motifs is 1. The van der Waals surface area contributed by atoms with Gasteiger partial charge in [-0.15, -0.1) is 0 Å². The van der Waals surface area contributed by atoms with E-state index in [9.17, 15) is 9.18 Å². The van der Waals surface area contributed by atoms with Crippen LogP contribution in [0.1, 0.15) is 11.4 Å². The normalized spacial score (nSPS) is 10.6. The van der Waals surface area contributed by atoms with Gasteiger partial charge in [0.15, 0.2) is 11.6 Å². The van der Waals surface area contributed by atoms with Crippen molar-refractivity contribution in [2.24, 2.45) is 0 Å². The van der Waals surface area contributed by atoms with Crippen molar-refractivity contribution in [1.82, 2.24) is 9.55 Å². The molecule has 118 valence electrons. The van der Waals surface area contributed by atoms with Crippen LogP contribution in [0.4, 0.5) is 4.39 Å². The summed E-state index contributed by atoms with van der Waals surface area (Å²) in [5, 5.41) is 9.43. The standard InChI is InChI=1S/C17H13BFN3O2/c1-9-21-16-12(5-10(8-20)6-13(16)18)17(23)22(9)11-3-4-15(24-2)14(19)7-11/h3-7H,18H2,1-2H3. The van der Waals surface area contributed by atoms with Crippen LogP contribution in [0.5, 0.6) is 5.75 Å². The van der Waals surface area contributed by atoms with Gasteiger partial charge in [-0.1, -0.05) is 5.46 Å². The Morgan fingerprint density at radius 3 is 2.71 bits per heavy atom. The maximum atomic E-state index is 14.0. The van der Waals surface area contributed by atoms with Gasteiger partial charge in [-0.25, -0.2) is 9.37 Å². The number of nitriles is 1. The Hall–Kier alpha value is -3.14. The molecule has 2 aromatic carbocycles. The fraction of sp³-hybridized carbons (Fsp3) is 0.118. The van der Waals surface area contributed by atoms with Gasteiger partial charge in [0.05, 0.1) is 35.3 Å². The van der Waals surface area contributed by atoms with Gasteiger partial charge in [0.2, 0.25) is 0 Å². The second kappa shape index (κ2) is 5.82. The highest BCUT2D eigenvalue weighted by atomic mass is 19.1. The zero-order valence-electron chi connectivity index (χ0n) is 13.4. The van der Waals surface area contributed by atoms with Gasteiger partial charge in [-0.3, -0.25) is 9.36 Å². The lowest BCUT2D eigenvalue weighted by molar-refractivity contribution is 0.386. The first-order valence-corrected chi connectivity index (χ1v) is 7.24. The van der Waals surface area contributed by atoms with Gasteiger partial charge < -0.3 is 4.74 Å². The Morgan fingerprint density at radius 1 is 1.33 bits per heavy atom. The van der Waals surface area contributed by atoms with Crippen molar-refractivity contribution in [3.8, 4) is 17.5 Å². The number of aromatic nitrogens is 2. The summed E-state index contributed by atoms with van der Waals surface area (Å²) in [6.45, 7) is 1.68. The molecular weight excluding hydrogens is 308 g/mol. The quantitative estimate of drug-likeness (QED) is 0.660. The van der Waals surface area contributed by atoms with Crippen LogP contribution in [0.3, 0.4) is 0 Å². The van der Waals surface area contributed by atoms with E-state index in [-0.39, 0.29) is 11.3 Å². The molecule has 0 aliphatic heterocycles. The van der Waals surface area contributed by atoms with Crippen LogP contribution in [0.15, 0.2) is 35.1 Å². The first-order valence-electron chi connectivity index (χ1n) is 7.24. The summed E-state index contributed by atoms with van der Waals surface area (Å²) in [5.74, 6) is -0.0333. The summed E-state index contributed by atoms with van der Waals surface area (Å²) in [6.07, 6.45) is 0. The second-order valence-electron chi connectivity index (χ2n) is 5.42. The topological polar surface area (TPSA) is 67.9 Å². The molecule has 0 amide bonds. The Balaban J connectivity index is 2.35. The first kappa shape index (κ1) is 15.7. The highest BCUT2D eigenvalue weighted by Gasteiger charge is 2.14. The predicted molar refractivity (Wildman–Crippen MR) is 91.5 cm³/mol. The number of ether oxygens (including phenoxy) is 1. The maximum absolute atomic E-state index is 14.0. The van der Waals surface area contributed by atoms with Gasteiger partial charge in [0.1, 0.15) is 13.7 Å². The summed E-state index contributed by atoms with van der Waals surface area (Å²) in [4.78, 5) is 17.4. The van der Waals surface area contributed by atoms with E-state index in [0.29, 0.717) is 28.0 Å². The Kier molecular flexibility index (Phi) is 3.82. The number of nitrogens with zero attached hydrogens (tertiary/aromatic N) is 3. The smallest absolute Gasteiger partial charge is 0.265 e. The Bertz CT molecular complexity index is 1070. The monoisotopic (exact) mass is 321 g/mol. The van der Waals surface area contributed by atoms with Crippen LogP contribution in [-0.2, 0) is 0 Å². The molecule has 0 saturated heterocycles. The molecule has 0 radical (unpaired) electrons. The fourth-order valence-electron chi connectivity index (χ4n) is 2.73. The SMILES string of the molecule is Bc1cc(C#N)cc2c(=O)n(-c3ccc(OC)c(F)c3)c(C)nc12. The van der Waals surface area contributed by atoms with Crippen molar-refractivity contribution in [3.05, 3.63) is 57.9 Å². The largest absolute Gasteiger partial charge is 0.494 e. The molecule has 0 spiro atoms. The van der Waals surface area contributed by atoms with E-state index in [1.807, 2.05) is 6.07 Å². The van der Waals surface area contributed by atoms with Gasteiger partial charge in [0, 0.05) is 6.07 Å². The van der Waals surface area contributed by atoms with Crippen molar-refractivity contribution in [1.29, 1.82) is 5.26 Å². The molecule has 7 heteroatoms. The molecule has 0 unspecified atom stereocenters. The molecule has 1 aromatic heterocycles. The highest BCUT2D eigenvalue weighted by molar-refractivity contribution is 6.38. The zero-order valence-corrected chi connectivity index (χ0v) is 13.4. The highest BCUT2D eigenvalue weighted by Crippen LogP contribution is 2.20. The van der Waals surface area contributed by atoms with E-state index in [2.05, 4.69) is 4.98 Å². The zero-order chi connectivity index (χ0) is 17.4. The molecule has 0 aliphatic rings. The minimum Gasteiger partial charge on any atom is -0.494 e. The molecule has 24 heavy (non-hydrogen) atoms. The summed E-state index contributed by atoms with van der Waals surface area (Å²) >= 11 is 0. The van der Waals surface area contributed by atoms with Crippen LogP contribution >= 0.6 is 0 Å². The molecular formula is C17H13BFN3O2. The Morgan fingerprint density at radius 2 is 2.08 bits per heavy atom. The lowest BCUT2D eigenvalue weighted by Crippen LogP contribution is -2.25. The molecule has 0 saturated carbocycles. The van der Waals surface area contributed by atoms with Crippen molar-refractivity contribution in [3.63, 3.8) is 0 Å². The third-order valence-corrected chi connectivity index (χ3v) is 3.85. The predicted octanol–water partition coefficient (Wildman–Crippen LogP) is 0.972. The van der Waals surface area contributed by atoms with Crippen molar-refractivity contribution in [2.45, 2.75) is 6.92 Å². The van der Waals surface area contributed by atoms with Gasteiger partial charge in [-0.2, -0.15) is 5.26 Å². The number of halogens is 1. The van der Waals surface area contributed by atoms with E-state index in [1.165, 1.54) is 29.9 Å². The number of hydrogen-bond donors (Lipinski definition) is 0. The van der Waals surface area contributed by atoms with E-state index in [0.717, 1.165) is 5.46 Å². The van der Waals surface area contributed by atoms with Gasteiger partial charge >= 0.3 is 0 Å². The third kappa shape index (κ3) is 2.42. The number of rotatable bonds is 2. The van der Waals surface area contributed by atoms with Crippen LogP contribution in [0.25, 0.3) is 16.6 Å². The second-order valence-corrected chi connectivity index (χ2v) is 5.42. The fourth-order valence-corrected chi connectivity index (χ4v) is 2.73. The number of hydrogen-bond acceptors (Lipinski definition) is 4. The van der Waals surface area contributed by atoms with Crippen LogP contribution in [0.2, 0.25) is 0 Å². The van der Waals surface area contributed by atoms with Gasteiger partial charge in [0.25, 0.3) is 5.56 Å². The number of methoxy groups -OCH3 is 1. The van der Waals surface area contributed by atoms with E-state index in [4.69, 9.17) is 10.00 Å². The number of benzene rings is 2. The minimum atomic E-state index is -0.566. The van der Waals surface area contributed by atoms with Crippen LogP contribution in [-0.4, -0.2) is 24.5 Å². The molecule has 0 atom stereocenters. The minimum absolute atomic E-state index is 0.0980. The van der Waals surface area contributed by atoms with Crippen molar-refractivity contribution < 1.29 is 9.13 Å². The summed E-state index contributed by atoms with van der Waals surface area (Å²) in [5.41, 5.74) is 1.68. The molecule has 0 fully saturated rings. The summed E-state index contributed by atoms with van der Waals surface area (Å²) < 4.78 is 20.2.